The Morgan fingerprint density at radius 3 is 2.20 bits per heavy atom. The fraction of sp³-hybridized carbons (Fsp3) is 0.300. The van der Waals surface area contributed by atoms with Crippen molar-refractivity contribution in [1.29, 1.82) is 0 Å². The average molecular weight is 341 g/mol. The van der Waals surface area contributed by atoms with Gasteiger partial charge in [-0.05, 0) is 50.6 Å². The van der Waals surface area contributed by atoms with Crippen LogP contribution in [0.5, 0.6) is 5.75 Å². The van der Waals surface area contributed by atoms with Gasteiger partial charge in [-0.15, -0.1) is 0 Å². The van der Waals surface area contributed by atoms with E-state index in [9.17, 15) is 9.59 Å². The first-order valence-corrected chi connectivity index (χ1v) is 8.10. The largest absolute Gasteiger partial charge is 0.482 e. The number of ether oxygens (including phenoxy) is 2. The number of amides is 1. The molecule has 0 bridgehead atoms. The van der Waals surface area contributed by atoms with E-state index in [1.165, 1.54) is 0 Å². The van der Waals surface area contributed by atoms with E-state index in [2.05, 4.69) is 5.32 Å². The van der Waals surface area contributed by atoms with Gasteiger partial charge in [0, 0.05) is 12.1 Å². The molecule has 0 saturated heterocycles. The van der Waals surface area contributed by atoms with Gasteiger partial charge >= 0.3 is 5.97 Å². The van der Waals surface area contributed by atoms with Gasteiger partial charge in [0.2, 0.25) is 0 Å². The highest BCUT2D eigenvalue weighted by atomic mass is 16.6. The maximum atomic E-state index is 12.1. The van der Waals surface area contributed by atoms with Gasteiger partial charge in [0.25, 0.3) is 5.91 Å². The first-order valence-electron chi connectivity index (χ1n) is 8.10. The molecule has 132 valence electrons. The monoisotopic (exact) mass is 341 g/mol. The van der Waals surface area contributed by atoms with Crippen LogP contribution in [-0.4, -0.2) is 24.1 Å². The third kappa shape index (κ3) is 6.67. The van der Waals surface area contributed by atoms with E-state index >= 15 is 0 Å². The highest BCUT2D eigenvalue weighted by Crippen LogP contribution is 2.13. The number of benzene rings is 2. The third-order valence-electron chi connectivity index (χ3n) is 3.19. The fourth-order valence-electron chi connectivity index (χ4n) is 2.10. The lowest BCUT2D eigenvalue weighted by molar-refractivity contribution is -0.157. The van der Waals surface area contributed by atoms with E-state index in [0.717, 1.165) is 5.56 Å². The van der Waals surface area contributed by atoms with Crippen LogP contribution in [0.3, 0.4) is 0 Å². The number of nitrogens with one attached hydrogen (secondary N) is 1. The van der Waals surface area contributed by atoms with E-state index in [-0.39, 0.29) is 12.5 Å². The maximum Gasteiger partial charge on any atom is 0.344 e. The molecular weight excluding hydrogens is 318 g/mol. The van der Waals surface area contributed by atoms with Gasteiger partial charge in [0.05, 0.1) is 0 Å². The lowest BCUT2D eigenvalue weighted by Gasteiger charge is -2.19. The van der Waals surface area contributed by atoms with E-state index in [4.69, 9.17) is 9.47 Å². The molecule has 0 aliphatic rings. The van der Waals surface area contributed by atoms with Crippen molar-refractivity contribution >= 4 is 11.9 Å². The van der Waals surface area contributed by atoms with Crippen LogP contribution in [-0.2, 0) is 16.1 Å². The smallest absolute Gasteiger partial charge is 0.344 e. The Balaban J connectivity index is 1.82. The minimum atomic E-state index is -0.541. The molecule has 5 nitrogen and oxygen atoms in total. The van der Waals surface area contributed by atoms with Crippen LogP contribution in [0.15, 0.2) is 54.6 Å². The van der Waals surface area contributed by atoms with Gasteiger partial charge in [0.15, 0.2) is 6.61 Å². The Kier molecular flexibility index (Phi) is 6.17. The predicted molar refractivity (Wildman–Crippen MR) is 95.4 cm³/mol. The molecule has 0 radical (unpaired) electrons. The van der Waals surface area contributed by atoms with Gasteiger partial charge in [-0.2, -0.15) is 0 Å². The molecule has 1 amide bonds. The molecule has 2 aromatic rings. The number of hydrogen-bond donors (Lipinski definition) is 1. The molecule has 0 aliphatic heterocycles. The predicted octanol–water partition coefficient (Wildman–Crippen LogP) is 3.34. The topological polar surface area (TPSA) is 64.6 Å². The van der Waals surface area contributed by atoms with E-state index in [1.54, 1.807) is 45.0 Å². The van der Waals surface area contributed by atoms with Crippen molar-refractivity contribution in [3.05, 3.63) is 65.7 Å². The molecule has 0 spiro atoms. The van der Waals surface area contributed by atoms with Crippen molar-refractivity contribution in [2.75, 3.05) is 6.61 Å². The maximum absolute atomic E-state index is 12.1. The van der Waals surface area contributed by atoms with Crippen molar-refractivity contribution in [2.45, 2.75) is 32.9 Å². The first-order chi connectivity index (χ1) is 11.8. The fourth-order valence-corrected chi connectivity index (χ4v) is 2.10. The summed E-state index contributed by atoms with van der Waals surface area (Å²) in [4.78, 5) is 23.7. The molecule has 2 aromatic carbocycles. The van der Waals surface area contributed by atoms with Gasteiger partial charge < -0.3 is 14.8 Å². The molecule has 0 heterocycles. The molecule has 0 unspecified atom stereocenters. The number of rotatable bonds is 6. The molecule has 0 saturated carbocycles. The van der Waals surface area contributed by atoms with Crippen LogP contribution < -0.4 is 10.1 Å². The van der Waals surface area contributed by atoms with Gasteiger partial charge in [-0.1, -0.05) is 30.3 Å². The van der Waals surface area contributed by atoms with Crippen molar-refractivity contribution in [2.24, 2.45) is 0 Å². The Labute approximate surface area is 148 Å². The lowest BCUT2D eigenvalue weighted by Crippen LogP contribution is -2.27. The SMILES string of the molecule is CC(C)(C)OC(=O)COc1ccc(C(=O)NCc2ccccc2)cc1. The molecule has 2 rings (SSSR count). The summed E-state index contributed by atoms with van der Waals surface area (Å²) in [6.45, 7) is 5.70. The molecule has 0 aliphatic carbocycles. The summed E-state index contributed by atoms with van der Waals surface area (Å²) in [5.74, 6) is -0.0924. The van der Waals surface area contributed by atoms with Gasteiger partial charge in [0.1, 0.15) is 11.4 Å². The standard InChI is InChI=1S/C20H23NO4/c1-20(2,3)25-18(22)14-24-17-11-9-16(10-12-17)19(23)21-13-15-7-5-4-6-8-15/h4-12H,13-14H2,1-3H3,(H,21,23). The zero-order valence-electron chi connectivity index (χ0n) is 14.7. The van der Waals surface area contributed by atoms with Crippen LogP contribution in [0.1, 0.15) is 36.7 Å². The Morgan fingerprint density at radius 1 is 0.960 bits per heavy atom. The highest BCUT2D eigenvalue weighted by molar-refractivity contribution is 5.94. The normalized spacial score (nSPS) is 10.8. The average Bonchev–Trinajstić information content (AvgIpc) is 2.58. The molecule has 25 heavy (non-hydrogen) atoms. The molecule has 0 fully saturated rings. The molecule has 1 N–H and O–H groups in total. The van der Waals surface area contributed by atoms with Crippen molar-refractivity contribution < 1.29 is 19.1 Å². The van der Waals surface area contributed by atoms with Gasteiger partial charge in [-0.25, -0.2) is 4.79 Å². The van der Waals surface area contributed by atoms with Crippen LogP contribution in [0.4, 0.5) is 0 Å². The van der Waals surface area contributed by atoms with Crippen molar-refractivity contribution in [3.63, 3.8) is 0 Å². The van der Waals surface area contributed by atoms with Crippen LogP contribution in [0, 0.1) is 0 Å². The summed E-state index contributed by atoms with van der Waals surface area (Å²) in [6.07, 6.45) is 0. The van der Waals surface area contributed by atoms with Crippen molar-refractivity contribution in [1.82, 2.24) is 5.32 Å². The summed E-state index contributed by atoms with van der Waals surface area (Å²) >= 11 is 0. The number of esters is 1. The van der Waals surface area contributed by atoms with Crippen LogP contribution >= 0.6 is 0 Å². The van der Waals surface area contributed by atoms with E-state index < -0.39 is 11.6 Å². The second-order valence-electron chi connectivity index (χ2n) is 6.57. The van der Waals surface area contributed by atoms with E-state index in [1.807, 2.05) is 30.3 Å². The summed E-state index contributed by atoms with van der Waals surface area (Å²) < 4.78 is 10.5. The first kappa shape index (κ1) is 18.5. The minimum Gasteiger partial charge on any atom is -0.482 e. The Bertz CT molecular complexity index is 703. The lowest BCUT2D eigenvalue weighted by atomic mass is 10.2. The molecule has 5 heteroatoms. The summed E-state index contributed by atoms with van der Waals surface area (Å²) in [5, 5.41) is 2.86. The Morgan fingerprint density at radius 2 is 1.60 bits per heavy atom. The summed E-state index contributed by atoms with van der Waals surface area (Å²) in [7, 11) is 0. The number of carbonyl (C=O) groups is 2. The molecule has 0 atom stereocenters. The molecular formula is C20H23NO4. The summed E-state index contributed by atoms with van der Waals surface area (Å²) in [5.41, 5.74) is 1.02. The zero-order valence-corrected chi connectivity index (χ0v) is 14.7. The summed E-state index contributed by atoms with van der Waals surface area (Å²) in [6, 6.07) is 16.3. The van der Waals surface area contributed by atoms with E-state index in [0.29, 0.717) is 17.9 Å². The highest BCUT2D eigenvalue weighted by Gasteiger charge is 2.16. The molecule has 0 aromatic heterocycles. The van der Waals surface area contributed by atoms with Crippen LogP contribution in [0.2, 0.25) is 0 Å². The second-order valence-corrected chi connectivity index (χ2v) is 6.57. The van der Waals surface area contributed by atoms with Crippen molar-refractivity contribution in [3.8, 4) is 5.75 Å². The Hall–Kier alpha value is -2.82. The number of hydrogen-bond acceptors (Lipinski definition) is 4. The van der Waals surface area contributed by atoms with Crippen LogP contribution in [0.25, 0.3) is 0 Å². The quantitative estimate of drug-likeness (QED) is 0.819. The zero-order chi connectivity index (χ0) is 18.3. The van der Waals surface area contributed by atoms with Gasteiger partial charge in [-0.3, -0.25) is 4.79 Å². The minimum absolute atomic E-state index is 0.164. The third-order valence-corrected chi connectivity index (χ3v) is 3.19. The second kappa shape index (κ2) is 8.33. The number of carbonyl (C=O) groups excluding carboxylic acids is 2.